The zero-order chi connectivity index (χ0) is 14.5. The molecule has 0 bridgehead atoms. The van der Waals surface area contributed by atoms with Crippen molar-refractivity contribution in [2.24, 2.45) is 0 Å². The van der Waals surface area contributed by atoms with Gasteiger partial charge >= 0.3 is 0 Å². The maximum atomic E-state index is 13.3. The molecule has 4 nitrogen and oxygen atoms in total. The van der Waals surface area contributed by atoms with Gasteiger partial charge in [0.1, 0.15) is 5.82 Å². The number of halogens is 1. The Morgan fingerprint density at radius 3 is 2.95 bits per heavy atom. The second-order valence-electron chi connectivity index (χ2n) is 4.99. The lowest BCUT2D eigenvalue weighted by Crippen LogP contribution is -2.33. The van der Waals surface area contributed by atoms with Crippen molar-refractivity contribution >= 4 is 17.4 Å². The van der Waals surface area contributed by atoms with Gasteiger partial charge in [-0.3, -0.25) is 10.1 Å². The summed E-state index contributed by atoms with van der Waals surface area (Å²) in [6.45, 7) is 2.63. The van der Waals surface area contributed by atoms with E-state index in [9.17, 15) is 14.5 Å². The van der Waals surface area contributed by atoms with Crippen molar-refractivity contribution in [1.82, 2.24) is 5.32 Å². The Labute approximate surface area is 122 Å². The van der Waals surface area contributed by atoms with Gasteiger partial charge in [0.05, 0.1) is 11.0 Å². The highest BCUT2D eigenvalue weighted by Gasteiger charge is 2.26. The summed E-state index contributed by atoms with van der Waals surface area (Å²) in [5.74, 6) is 0.538. The molecule has 0 amide bonds. The number of nitro groups is 1. The molecule has 0 spiro atoms. The maximum absolute atomic E-state index is 13.3. The van der Waals surface area contributed by atoms with Gasteiger partial charge in [0, 0.05) is 23.9 Å². The fraction of sp³-hybridized carbons (Fsp3) is 0.571. The number of nitro benzene ring substituents is 1. The highest BCUT2D eigenvalue weighted by Crippen LogP contribution is 2.30. The van der Waals surface area contributed by atoms with Crippen LogP contribution in [0, 0.1) is 15.9 Å². The van der Waals surface area contributed by atoms with E-state index in [1.54, 1.807) is 0 Å². The van der Waals surface area contributed by atoms with E-state index in [-0.39, 0.29) is 5.69 Å². The zero-order valence-electron chi connectivity index (χ0n) is 11.5. The van der Waals surface area contributed by atoms with E-state index in [0.717, 1.165) is 18.2 Å². The van der Waals surface area contributed by atoms with Crippen molar-refractivity contribution < 1.29 is 9.31 Å². The molecule has 1 fully saturated rings. The van der Waals surface area contributed by atoms with Crippen LogP contribution in [0.15, 0.2) is 18.2 Å². The second-order valence-corrected chi connectivity index (χ2v) is 6.50. The van der Waals surface area contributed by atoms with Crippen LogP contribution in [0.25, 0.3) is 0 Å². The molecular weight excluding hydrogens is 279 g/mol. The molecule has 2 rings (SSSR count). The molecule has 110 valence electrons. The first-order valence-corrected chi connectivity index (χ1v) is 7.94. The van der Waals surface area contributed by atoms with Crippen molar-refractivity contribution in [1.29, 1.82) is 0 Å². The minimum absolute atomic E-state index is 0.187. The largest absolute Gasteiger partial charge is 0.309 e. The minimum Gasteiger partial charge on any atom is -0.309 e. The second kappa shape index (κ2) is 7.04. The van der Waals surface area contributed by atoms with Crippen LogP contribution in [0.4, 0.5) is 10.1 Å². The van der Waals surface area contributed by atoms with Gasteiger partial charge in [0.15, 0.2) is 0 Å². The predicted molar refractivity (Wildman–Crippen MR) is 79.5 cm³/mol. The van der Waals surface area contributed by atoms with E-state index in [1.165, 1.54) is 25.0 Å². The average molecular weight is 298 g/mol. The number of thioether (sulfide) groups is 1. The summed E-state index contributed by atoms with van der Waals surface area (Å²) >= 11 is 1.95. The number of nitrogens with zero attached hydrogens (tertiary/aromatic N) is 1. The molecule has 1 aromatic carbocycles. The van der Waals surface area contributed by atoms with Crippen LogP contribution in [0.5, 0.6) is 0 Å². The van der Waals surface area contributed by atoms with Crippen LogP contribution in [0.3, 0.4) is 0 Å². The lowest BCUT2D eigenvalue weighted by Gasteiger charge is -2.20. The molecule has 20 heavy (non-hydrogen) atoms. The van der Waals surface area contributed by atoms with E-state index >= 15 is 0 Å². The van der Waals surface area contributed by atoms with Crippen molar-refractivity contribution in [2.45, 2.75) is 44.0 Å². The summed E-state index contributed by atoms with van der Waals surface area (Å²) in [5.41, 5.74) is 0.441. The number of rotatable bonds is 6. The summed E-state index contributed by atoms with van der Waals surface area (Å²) in [4.78, 5) is 10.2. The van der Waals surface area contributed by atoms with E-state index in [0.29, 0.717) is 23.4 Å². The van der Waals surface area contributed by atoms with Gasteiger partial charge in [-0.25, -0.2) is 4.39 Å². The monoisotopic (exact) mass is 298 g/mol. The maximum Gasteiger partial charge on any atom is 0.272 e. The topological polar surface area (TPSA) is 55.2 Å². The fourth-order valence-corrected chi connectivity index (χ4v) is 3.89. The Kier molecular flexibility index (Phi) is 5.37. The van der Waals surface area contributed by atoms with E-state index < -0.39 is 10.7 Å². The molecular formula is C14H19FN2O2S. The highest BCUT2D eigenvalue weighted by atomic mass is 32.2. The smallest absolute Gasteiger partial charge is 0.272 e. The summed E-state index contributed by atoms with van der Waals surface area (Å²) in [7, 11) is 0. The molecule has 1 saturated carbocycles. The molecule has 1 aliphatic rings. The van der Waals surface area contributed by atoms with E-state index in [4.69, 9.17) is 0 Å². The molecule has 1 N–H and O–H groups in total. The SMILES string of the molecule is CCSC1CCCC1NCc1cc(F)cc([N+](=O)[O-])c1. The number of nitrogens with one attached hydrogen (secondary N) is 1. The van der Waals surface area contributed by atoms with Crippen LogP contribution in [-0.2, 0) is 6.54 Å². The first kappa shape index (κ1) is 15.3. The molecule has 1 aliphatic carbocycles. The molecule has 2 atom stereocenters. The molecule has 0 aromatic heterocycles. The Hall–Kier alpha value is -1.14. The van der Waals surface area contributed by atoms with Gasteiger partial charge in [-0.2, -0.15) is 11.8 Å². The van der Waals surface area contributed by atoms with Gasteiger partial charge in [-0.1, -0.05) is 13.3 Å². The van der Waals surface area contributed by atoms with Crippen molar-refractivity contribution in [2.75, 3.05) is 5.75 Å². The molecule has 0 saturated heterocycles. The number of hydrogen-bond donors (Lipinski definition) is 1. The molecule has 0 aliphatic heterocycles. The summed E-state index contributed by atoms with van der Waals surface area (Å²) in [5, 5.41) is 14.7. The summed E-state index contributed by atoms with van der Waals surface area (Å²) in [6.07, 6.45) is 3.53. The van der Waals surface area contributed by atoms with Crippen LogP contribution in [-0.4, -0.2) is 22.0 Å². The zero-order valence-corrected chi connectivity index (χ0v) is 12.3. The van der Waals surface area contributed by atoms with Crippen molar-refractivity contribution in [3.8, 4) is 0 Å². The number of hydrogen-bond acceptors (Lipinski definition) is 4. The van der Waals surface area contributed by atoms with Crippen molar-refractivity contribution in [3.63, 3.8) is 0 Å². The molecule has 2 unspecified atom stereocenters. The Morgan fingerprint density at radius 1 is 1.45 bits per heavy atom. The summed E-state index contributed by atoms with van der Waals surface area (Å²) in [6, 6.07) is 4.17. The minimum atomic E-state index is -0.558. The fourth-order valence-electron chi connectivity index (χ4n) is 2.66. The Morgan fingerprint density at radius 2 is 2.25 bits per heavy atom. The first-order chi connectivity index (χ1) is 9.60. The quantitative estimate of drug-likeness (QED) is 0.645. The van der Waals surface area contributed by atoms with Crippen LogP contribution in [0.1, 0.15) is 31.7 Å². The van der Waals surface area contributed by atoms with Gasteiger partial charge in [-0.05, 0) is 30.2 Å². The van der Waals surface area contributed by atoms with Crippen LogP contribution in [0.2, 0.25) is 0 Å². The third kappa shape index (κ3) is 3.93. The van der Waals surface area contributed by atoms with Gasteiger partial charge in [0.2, 0.25) is 0 Å². The predicted octanol–water partition coefficient (Wildman–Crippen LogP) is 3.50. The lowest BCUT2D eigenvalue weighted by molar-refractivity contribution is -0.385. The standard InChI is InChI=1S/C14H19FN2O2S/c1-2-20-14-5-3-4-13(14)16-9-10-6-11(15)8-12(7-10)17(18)19/h6-8,13-14,16H,2-5,9H2,1H3. The van der Waals surface area contributed by atoms with Gasteiger partial charge in [-0.15, -0.1) is 0 Å². The van der Waals surface area contributed by atoms with E-state index in [1.807, 2.05) is 11.8 Å². The van der Waals surface area contributed by atoms with E-state index in [2.05, 4.69) is 12.2 Å². The van der Waals surface area contributed by atoms with Crippen molar-refractivity contribution in [3.05, 3.63) is 39.7 Å². The average Bonchev–Trinajstić information content (AvgIpc) is 2.83. The van der Waals surface area contributed by atoms with Gasteiger partial charge in [0.25, 0.3) is 5.69 Å². The third-order valence-corrected chi connectivity index (χ3v) is 4.88. The molecule has 0 heterocycles. The Balaban J connectivity index is 1.98. The summed E-state index contributed by atoms with van der Waals surface area (Å²) < 4.78 is 13.3. The molecule has 6 heteroatoms. The highest BCUT2D eigenvalue weighted by molar-refractivity contribution is 7.99. The lowest BCUT2D eigenvalue weighted by atomic mass is 10.1. The number of benzene rings is 1. The van der Waals surface area contributed by atoms with Gasteiger partial charge < -0.3 is 5.32 Å². The van der Waals surface area contributed by atoms with Crippen LogP contribution >= 0.6 is 11.8 Å². The third-order valence-electron chi connectivity index (χ3n) is 3.55. The molecule has 1 aromatic rings. The first-order valence-electron chi connectivity index (χ1n) is 6.89. The normalized spacial score (nSPS) is 22.1. The van der Waals surface area contributed by atoms with Crippen LogP contribution < -0.4 is 5.32 Å². The number of non-ortho nitro benzene ring substituents is 1. The molecule has 0 radical (unpaired) electrons. The Bertz CT molecular complexity index is 484.